The third-order valence-electron chi connectivity index (χ3n) is 2.20. The third kappa shape index (κ3) is 2.62. The highest BCUT2D eigenvalue weighted by molar-refractivity contribution is 7.99. The van der Waals surface area contributed by atoms with Crippen molar-refractivity contribution in [3.05, 3.63) is 29.6 Å². The second-order valence-electron chi connectivity index (χ2n) is 3.55. The van der Waals surface area contributed by atoms with Crippen LogP contribution >= 0.6 is 11.8 Å². The molecule has 90 valence electrons. The van der Waals surface area contributed by atoms with Crippen LogP contribution in [-0.2, 0) is 7.05 Å². The zero-order chi connectivity index (χ0) is 12.4. The van der Waals surface area contributed by atoms with E-state index in [-0.39, 0.29) is 5.82 Å². The maximum Gasteiger partial charge on any atom is 0.213 e. The average Bonchev–Trinajstić information content (AvgIpc) is 2.67. The highest BCUT2D eigenvalue weighted by atomic mass is 32.2. The van der Waals surface area contributed by atoms with Gasteiger partial charge >= 0.3 is 0 Å². The van der Waals surface area contributed by atoms with E-state index in [2.05, 4.69) is 15.5 Å². The molecule has 1 aromatic heterocycles. The lowest BCUT2D eigenvalue weighted by molar-refractivity contribution is 0.196. The Morgan fingerprint density at radius 3 is 2.82 bits per heavy atom. The molecule has 5 nitrogen and oxygen atoms in total. The summed E-state index contributed by atoms with van der Waals surface area (Å²) in [7, 11) is 1.72. The smallest absolute Gasteiger partial charge is 0.213 e. The molecule has 2 rings (SSSR count). The second-order valence-corrected chi connectivity index (χ2v) is 4.55. The first-order valence-corrected chi connectivity index (χ1v) is 5.77. The SMILES string of the molecule is C[C@H](O)c1cc(F)ccc1Sc1nnnn1C. The molecule has 1 aromatic carbocycles. The number of nitrogens with zero attached hydrogens (tertiary/aromatic N) is 4. The zero-order valence-corrected chi connectivity index (χ0v) is 10.1. The fourth-order valence-corrected chi connectivity index (χ4v) is 2.27. The normalized spacial score (nSPS) is 12.7. The minimum Gasteiger partial charge on any atom is -0.389 e. The minimum absolute atomic E-state index is 0.374. The van der Waals surface area contributed by atoms with Crippen LogP contribution in [0, 0.1) is 5.82 Å². The summed E-state index contributed by atoms with van der Waals surface area (Å²) in [6.45, 7) is 1.59. The fourth-order valence-electron chi connectivity index (χ4n) is 1.34. The summed E-state index contributed by atoms with van der Waals surface area (Å²) in [5.41, 5.74) is 0.526. The van der Waals surface area contributed by atoms with Gasteiger partial charge in [0.1, 0.15) is 5.82 Å². The zero-order valence-electron chi connectivity index (χ0n) is 9.33. The Hall–Kier alpha value is -1.47. The first-order chi connectivity index (χ1) is 8.08. The van der Waals surface area contributed by atoms with Gasteiger partial charge in [-0.25, -0.2) is 9.07 Å². The first-order valence-electron chi connectivity index (χ1n) is 4.95. The van der Waals surface area contributed by atoms with E-state index in [9.17, 15) is 9.50 Å². The van der Waals surface area contributed by atoms with Gasteiger partial charge in [0.15, 0.2) is 0 Å². The summed E-state index contributed by atoms with van der Waals surface area (Å²) >= 11 is 1.28. The third-order valence-corrected chi connectivity index (χ3v) is 3.32. The predicted octanol–water partition coefficient (Wildman–Crippen LogP) is 1.55. The van der Waals surface area contributed by atoms with Crippen molar-refractivity contribution >= 4 is 11.8 Å². The molecule has 0 spiro atoms. The quantitative estimate of drug-likeness (QED) is 0.900. The number of hydrogen-bond acceptors (Lipinski definition) is 5. The van der Waals surface area contributed by atoms with Crippen LogP contribution in [0.15, 0.2) is 28.3 Å². The number of tetrazole rings is 1. The van der Waals surface area contributed by atoms with Crippen molar-refractivity contribution in [1.29, 1.82) is 0 Å². The van der Waals surface area contributed by atoms with E-state index in [1.807, 2.05) is 0 Å². The van der Waals surface area contributed by atoms with Crippen LogP contribution in [0.25, 0.3) is 0 Å². The van der Waals surface area contributed by atoms with Crippen LogP contribution < -0.4 is 0 Å². The molecule has 0 saturated carbocycles. The number of aliphatic hydroxyl groups excluding tert-OH is 1. The molecule has 0 saturated heterocycles. The van der Waals surface area contributed by atoms with Gasteiger partial charge in [0.05, 0.1) is 6.10 Å². The molecule has 17 heavy (non-hydrogen) atoms. The Kier molecular flexibility index (Phi) is 3.39. The topological polar surface area (TPSA) is 63.8 Å². The molecule has 0 unspecified atom stereocenters. The molecule has 1 atom stereocenters. The van der Waals surface area contributed by atoms with Crippen molar-refractivity contribution in [3.8, 4) is 0 Å². The number of rotatable bonds is 3. The summed E-state index contributed by atoms with van der Waals surface area (Å²) in [4.78, 5) is 0.735. The lowest BCUT2D eigenvalue weighted by atomic mass is 10.1. The molecule has 7 heteroatoms. The molecule has 0 fully saturated rings. The molecule has 0 aliphatic heterocycles. The summed E-state index contributed by atoms with van der Waals surface area (Å²) in [5.74, 6) is -0.374. The average molecular weight is 254 g/mol. The van der Waals surface area contributed by atoms with Crippen molar-refractivity contribution in [2.45, 2.75) is 23.1 Å². The number of aliphatic hydroxyl groups is 1. The van der Waals surface area contributed by atoms with E-state index < -0.39 is 6.10 Å². The number of hydrogen-bond donors (Lipinski definition) is 1. The van der Waals surface area contributed by atoms with Crippen LogP contribution in [0.5, 0.6) is 0 Å². The molecule has 0 radical (unpaired) electrons. The summed E-state index contributed by atoms with van der Waals surface area (Å²) in [6.07, 6.45) is -0.741. The van der Waals surface area contributed by atoms with E-state index in [1.165, 1.54) is 28.6 Å². The van der Waals surface area contributed by atoms with Gasteiger partial charge in [-0.15, -0.1) is 5.10 Å². The Labute approximate surface area is 102 Å². The number of halogens is 1. The fraction of sp³-hybridized carbons (Fsp3) is 0.300. The maximum absolute atomic E-state index is 13.1. The van der Waals surface area contributed by atoms with E-state index >= 15 is 0 Å². The standard InChI is InChI=1S/C10H11FN4OS/c1-6(16)8-5-7(11)3-4-9(8)17-10-12-13-14-15(10)2/h3-6,16H,1-2H3/t6-/m0/s1. The lowest BCUT2D eigenvalue weighted by Gasteiger charge is -2.10. The predicted molar refractivity (Wildman–Crippen MR) is 60.0 cm³/mol. The Bertz CT molecular complexity index is 529. The van der Waals surface area contributed by atoms with Crippen molar-refractivity contribution in [3.63, 3.8) is 0 Å². The largest absolute Gasteiger partial charge is 0.389 e. The highest BCUT2D eigenvalue weighted by Crippen LogP contribution is 2.32. The van der Waals surface area contributed by atoms with Crippen molar-refractivity contribution < 1.29 is 9.50 Å². The Morgan fingerprint density at radius 2 is 2.24 bits per heavy atom. The molecule has 1 N–H and O–H groups in total. The maximum atomic E-state index is 13.1. The van der Waals surface area contributed by atoms with Gasteiger partial charge in [-0.2, -0.15) is 0 Å². The van der Waals surface area contributed by atoms with Crippen LogP contribution in [0.2, 0.25) is 0 Å². The molecule has 1 heterocycles. The Balaban J connectivity index is 2.36. The van der Waals surface area contributed by atoms with Gasteiger partial charge in [-0.05, 0) is 52.9 Å². The monoisotopic (exact) mass is 254 g/mol. The van der Waals surface area contributed by atoms with Gasteiger partial charge in [0.2, 0.25) is 5.16 Å². The molecular formula is C10H11FN4OS. The van der Waals surface area contributed by atoms with Crippen LogP contribution in [0.1, 0.15) is 18.6 Å². The van der Waals surface area contributed by atoms with Crippen molar-refractivity contribution in [1.82, 2.24) is 20.2 Å². The van der Waals surface area contributed by atoms with Gasteiger partial charge in [0.25, 0.3) is 0 Å². The number of benzene rings is 1. The number of aryl methyl sites for hydroxylation is 1. The Morgan fingerprint density at radius 1 is 1.47 bits per heavy atom. The molecule has 0 bridgehead atoms. The number of aromatic nitrogens is 4. The highest BCUT2D eigenvalue weighted by Gasteiger charge is 2.13. The van der Waals surface area contributed by atoms with Gasteiger partial charge in [-0.3, -0.25) is 0 Å². The first kappa shape index (κ1) is 12.0. The van der Waals surface area contributed by atoms with Gasteiger partial charge < -0.3 is 5.11 Å². The summed E-state index contributed by atoms with van der Waals surface area (Å²) in [5, 5.41) is 21.2. The van der Waals surface area contributed by atoms with E-state index in [0.717, 1.165) is 4.90 Å². The minimum atomic E-state index is -0.741. The van der Waals surface area contributed by atoms with E-state index in [4.69, 9.17) is 0 Å². The van der Waals surface area contributed by atoms with Gasteiger partial charge in [-0.1, -0.05) is 0 Å². The van der Waals surface area contributed by atoms with Crippen LogP contribution in [-0.4, -0.2) is 25.3 Å². The van der Waals surface area contributed by atoms with E-state index in [0.29, 0.717) is 10.7 Å². The van der Waals surface area contributed by atoms with Crippen LogP contribution in [0.3, 0.4) is 0 Å². The van der Waals surface area contributed by atoms with Crippen molar-refractivity contribution in [2.75, 3.05) is 0 Å². The van der Waals surface area contributed by atoms with E-state index in [1.54, 1.807) is 20.0 Å². The summed E-state index contributed by atoms with van der Waals surface area (Å²) in [6, 6.07) is 4.27. The second kappa shape index (κ2) is 4.80. The molecule has 0 aliphatic carbocycles. The molecular weight excluding hydrogens is 243 g/mol. The van der Waals surface area contributed by atoms with Crippen molar-refractivity contribution in [2.24, 2.45) is 7.05 Å². The molecule has 0 aliphatic rings. The molecule has 0 amide bonds. The lowest BCUT2D eigenvalue weighted by Crippen LogP contribution is -1.97. The van der Waals surface area contributed by atoms with Gasteiger partial charge in [0, 0.05) is 11.9 Å². The van der Waals surface area contributed by atoms with Crippen LogP contribution in [0.4, 0.5) is 4.39 Å². The summed E-state index contributed by atoms with van der Waals surface area (Å²) < 4.78 is 14.6. The molecule has 2 aromatic rings.